The van der Waals surface area contributed by atoms with Crippen LogP contribution in [0.15, 0.2) is 36.5 Å². The number of methoxy groups -OCH3 is 1. The monoisotopic (exact) mass is 329 g/mol. The van der Waals surface area contributed by atoms with Crippen molar-refractivity contribution in [1.29, 1.82) is 0 Å². The zero-order valence-electron chi connectivity index (χ0n) is 14.2. The zero-order valence-corrected chi connectivity index (χ0v) is 14.2. The van der Waals surface area contributed by atoms with Gasteiger partial charge >= 0.3 is 0 Å². The molecule has 24 heavy (non-hydrogen) atoms. The SMILES string of the molecule is COCCCNC(=O)c1ccnc(Nc2ccc(N(C)C)cc2)n1. The van der Waals surface area contributed by atoms with E-state index in [1.54, 1.807) is 19.4 Å². The Labute approximate surface area is 142 Å². The summed E-state index contributed by atoms with van der Waals surface area (Å²) >= 11 is 0. The van der Waals surface area contributed by atoms with E-state index in [1.807, 2.05) is 43.3 Å². The molecule has 2 aromatic rings. The number of nitrogens with one attached hydrogen (secondary N) is 2. The van der Waals surface area contributed by atoms with E-state index in [9.17, 15) is 4.79 Å². The van der Waals surface area contributed by atoms with Gasteiger partial charge in [-0.15, -0.1) is 0 Å². The molecule has 2 rings (SSSR count). The van der Waals surface area contributed by atoms with Gasteiger partial charge in [0.2, 0.25) is 5.95 Å². The highest BCUT2D eigenvalue weighted by Crippen LogP contribution is 2.18. The van der Waals surface area contributed by atoms with Crippen molar-refractivity contribution in [3.8, 4) is 0 Å². The quantitative estimate of drug-likeness (QED) is 0.722. The van der Waals surface area contributed by atoms with E-state index in [-0.39, 0.29) is 5.91 Å². The summed E-state index contributed by atoms with van der Waals surface area (Å²) in [5.74, 6) is 0.164. The average Bonchev–Trinajstić information content (AvgIpc) is 2.59. The number of amides is 1. The Bertz CT molecular complexity index is 658. The van der Waals surface area contributed by atoms with Crippen LogP contribution in [0, 0.1) is 0 Å². The third-order valence-electron chi connectivity index (χ3n) is 3.34. The molecule has 0 aliphatic carbocycles. The lowest BCUT2D eigenvalue weighted by molar-refractivity contribution is 0.0943. The summed E-state index contributed by atoms with van der Waals surface area (Å²) in [5.41, 5.74) is 2.29. The Morgan fingerprint density at radius 1 is 1.21 bits per heavy atom. The van der Waals surface area contributed by atoms with Crippen LogP contribution < -0.4 is 15.5 Å². The second-order valence-corrected chi connectivity index (χ2v) is 5.43. The smallest absolute Gasteiger partial charge is 0.270 e. The predicted molar refractivity (Wildman–Crippen MR) is 94.9 cm³/mol. The van der Waals surface area contributed by atoms with Gasteiger partial charge in [0.15, 0.2) is 0 Å². The first-order valence-electron chi connectivity index (χ1n) is 7.75. The number of carbonyl (C=O) groups excluding carboxylic acids is 1. The minimum Gasteiger partial charge on any atom is -0.385 e. The number of hydrogen-bond donors (Lipinski definition) is 2. The van der Waals surface area contributed by atoms with Crippen LogP contribution in [0.4, 0.5) is 17.3 Å². The number of ether oxygens (including phenoxy) is 1. The molecule has 1 aromatic heterocycles. The van der Waals surface area contributed by atoms with Crippen LogP contribution in [0.3, 0.4) is 0 Å². The van der Waals surface area contributed by atoms with Crippen molar-refractivity contribution >= 4 is 23.2 Å². The van der Waals surface area contributed by atoms with Gasteiger partial charge in [0.25, 0.3) is 5.91 Å². The molecule has 0 bridgehead atoms. The van der Waals surface area contributed by atoms with Crippen LogP contribution in [0.2, 0.25) is 0 Å². The Hall–Kier alpha value is -2.67. The molecule has 0 spiro atoms. The van der Waals surface area contributed by atoms with Gasteiger partial charge in [-0.2, -0.15) is 0 Å². The van der Waals surface area contributed by atoms with Crippen LogP contribution in [0.1, 0.15) is 16.9 Å². The summed E-state index contributed by atoms with van der Waals surface area (Å²) in [7, 11) is 5.61. The van der Waals surface area contributed by atoms with Crippen molar-refractivity contribution in [1.82, 2.24) is 15.3 Å². The molecule has 1 amide bonds. The molecule has 0 saturated carbocycles. The Kier molecular flexibility index (Phi) is 6.51. The normalized spacial score (nSPS) is 10.3. The molecule has 1 aromatic carbocycles. The number of carbonyl (C=O) groups is 1. The summed E-state index contributed by atoms with van der Waals surface area (Å²) in [6.45, 7) is 1.16. The number of anilines is 3. The molecule has 7 heteroatoms. The number of hydrogen-bond acceptors (Lipinski definition) is 6. The van der Waals surface area contributed by atoms with Crippen molar-refractivity contribution in [2.24, 2.45) is 0 Å². The number of benzene rings is 1. The fourth-order valence-corrected chi connectivity index (χ4v) is 2.03. The lowest BCUT2D eigenvalue weighted by atomic mass is 10.2. The van der Waals surface area contributed by atoms with Crippen molar-refractivity contribution < 1.29 is 9.53 Å². The molecule has 128 valence electrons. The number of aromatic nitrogens is 2. The van der Waals surface area contributed by atoms with E-state index < -0.39 is 0 Å². The molecule has 0 unspecified atom stereocenters. The highest BCUT2D eigenvalue weighted by molar-refractivity contribution is 5.92. The summed E-state index contributed by atoms with van der Waals surface area (Å²) in [5, 5.41) is 5.90. The van der Waals surface area contributed by atoms with Gasteiger partial charge in [-0.1, -0.05) is 0 Å². The number of rotatable bonds is 8. The largest absolute Gasteiger partial charge is 0.385 e. The van der Waals surface area contributed by atoms with Crippen LogP contribution >= 0.6 is 0 Å². The van der Waals surface area contributed by atoms with E-state index in [2.05, 4.69) is 20.6 Å². The maximum absolute atomic E-state index is 12.1. The van der Waals surface area contributed by atoms with E-state index >= 15 is 0 Å². The second kappa shape index (κ2) is 8.83. The minimum absolute atomic E-state index is 0.223. The van der Waals surface area contributed by atoms with Gasteiger partial charge in [0.1, 0.15) is 5.69 Å². The van der Waals surface area contributed by atoms with Gasteiger partial charge in [-0.3, -0.25) is 4.79 Å². The first kappa shape index (κ1) is 17.7. The van der Waals surface area contributed by atoms with Crippen molar-refractivity contribution in [3.05, 3.63) is 42.2 Å². The molecule has 1 heterocycles. The fraction of sp³-hybridized carbons (Fsp3) is 0.353. The molecule has 0 aliphatic rings. The topological polar surface area (TPSA) is 79.4 Å². The van der Waals surface area contributed by atoms with Gasteiger partial charge < -0.3 is 20.3 Å². The van der Waals surface area contributed by atoms with Gasteiger partial charge in [-0.05, 0) is 36.8 Å². The molecule has 0 saturated heterocycles. The van der Waals surface area contributed by atoms with Crippen molar-refractivity contribution in [2.45, 2.75) is 6.42 Å². The summed E-state index contributed by atoms with van der Waals surface area (Å²) < 4.78 is 4.95. The molecule has 7 nitrogen and oxygen atoms in total. The van der Waals surface area contributed by atoms with Crippen LogP contribution in [-0.2, 0) is 4.74 Å². The highest BCUT2D eigenvalue weighted by atomic mass is 16.5. The van der Waals surface area contributed by atoms with Gasteiger partial charge in [0.05, 0.1) is 0 Å². The van der Waals surface area contributed by atoms with Gasteiger partial charge in [0, 0.05) is 51.9 Å². The zero-order chi connectivity index (χ0) is 17.4. The van der Waals surface area contributed by atoms with E-state index in [1.165, 1.54) is 0 Å². The standard InChI is InChI=1S/C17H23N5O2/c1-22(2)14-7-5-13(6-8-14)20-17-19-11-9-15(21-17)16(23)18-10-4-12-24-3/h5-9,11H,4,10,12H2,1-3H3,(H,18,23)(H,19,20,21). The molecule has 0 fully saturated rings. The minimum atomic E-state index is -0.223. The summed E-state index contributed by atoms with van der Waals surface area (Å²) in [6.07, 6.45) is 2.32. The Morgan fingerprint density at radius 2 is 1.96 bits per heavy atom. The van der Waals surface area contributed by atoms with Crippen LogP contribution in [0.5, 0.6) is 0 Å². The average molecular weight is 329 g/mol. The summed E-state index contributed by atoms with van der Waals surface area (Å²) in [4.78, 5) is 22.5. The van der Waals surface area contributed by atoms with Crippen molar-refractivity contribution in [3.63, 3.8) is 0 Å². The molecular weight excluding hydrogens is 306 g/mol. The molecule has 0 radical (unpaired) electrons. The molecule has 0 atom stereocenters. The first-order chi connectivity index (χ1) is 11.6. The fourth-order valence-electron chi connectivity index (χ4n) is 2.03. The third kappa shape index (κ3) is 5.20. The molecule has 2 N–H and O–H groups in total. The Morgan fingerprint density at radius 3 is 2.62 bits per heavy atom. The summed E-state index contributed by atoms with van der Waals surface area (Å²) in [6, 6.07) is 9.46. The van der Waals surface area contributed by atoms with Gasteiger partial charge in [-0.25, -0.2) is 9.97 Å². The second-order valence-electron chi connectivity index (χ2n) is 5.43. The Balaban J connectivity index is 1.98. The van der Waals surface area contributed by atoms with E-state index in [0.29, 0.717) is 24.8 Å². The van der Waals surface area contributed by atoms with E-state index in [4.69, 9.17) is 4.74 Å². The first-order valence-corrected chi connectivity index (χ1v) is 7.75. The van der Waals surface area contributed by atoms with Crippen molar-refractivity contribution in [2.75, 3.05) is 44.6 Å². The maximum Gasteiger partial charge on any atom is 0.270 e. The lowest BCUT2D eigenvalue weighted by Gasteiger charge is -2.13. The van der Waals surface area contributed by atoms with Crippen LogP contribution in [-0.4, -0.2) is 50.2 Å². The highest BCUT2D eigenvalue weighted by Gasteiger charge is 2.08. The predicted octanol–water partition coefficient (Wildman–Crippen LogP) is 2.05. The lowest BCUT2D eigenvalue weighted by Crippen LogP contribution is -2.26. The number of nitrogens with zero attached hydrogens (tertiary/aromatic N) is 3. The van der Waals surface area contributed by atoms with Crippen LogP contribution in [0.25, 0.3) is 0 Å². The molecular formula is C17H23N5O2. The third-order valence-corrected chi connectivity index (χ3v) is 3.34. The van der Waals surface area contributed by atoms with E-state index in [0.717, 1.165) is 17.8 Å². The maximum atomic E-state index is 12.1. The molecule has 0 aliphatic heterocycles.